The maximum atomic E-state index is 11.7. The lowest BCUT2D eigenvalue weighted by Gasteiger charge is -2.31. The van der Waals surface area contributed by atoms with Gasteiger partial charge in [0.2, 0.25) is 5.91 Å². The van der Waals surface area contributed by atoms with E-state index < -0.39 is 11.9 Å². The van der Waals surface area contributed by atoms with Crippen LogP contribution in [0.15, 0.2) is 0 Å². The minimum Gasteiger partial charge on any atom is -0.481 e. The molecule has 0 aromatic rings. The van der Waals surface area contributed by atoms with Crippen molar-refractivity contribution in [3.63, 3.8) is 0 Å². The van der Waals surface area contributed by atoms with Crippen LogP contribution < -0.4 is 0 Å². The molecule has 2 rings (SSSR count). The summed E-state index contributed by atoms with van der Waals surface area (Å²) in [6, 6.07) is 0. The van der Waals surface area contributed by atoms with Gasteiger partial charge in [-0.25, -0.2) is 0 Å². The number of carboxylic acid groups (broad SMARTS) is 1. The fraction of sp³-hybridized carbons (Fsp3) is 0.833. The average molecular weight is 241 g/mol. The predicted molar refractivity (Wildman–Crippen MR) is 60.3 cm³/mol. The Balaban J connectivity index is 1.90. The van der Waals surface area contributed by atoms with Gasteiger partial charge in [0.15, 0.2) is 0 Å². The highest BCUT2D eigenvalue weighted by atomic mass is 16.4. The quantitative estimate of drug-likeness (QED) is 0.753. The van der Waals surface area contributed by atoms with Gasteiger partial charge in [0, 0.05) is 25.4 Å². The summed E-state index contributed by atoms with van der Waals surface area (Å²) < 4.78 is 0. The van der Waals surface area contributed by atoms with Gasteiger partial charge in [-0.2, -0.15) is 0 Å². The van der Waals surface area contributed by atoms with E-state index in [0.717, 1.165) is 25.7 Å². The van der Waals surface area contributed by atoms with Gasteiger partial charge in [-0.3, -0.25) is 9.59 Å². The van der Waals surface area contributed by atoms with Crippen molar-refractivity contribution < 1.29 is 19.8 Å². The summed E-state index contributed by atoms with van der Waals surface area (Å²) in [6.45, 7) is 0.821. The molecule has 0 aromatic heterocycles. The first kappa shape index (κ1) is 12.4. The molecule has 2 fully saturated rings. The Morgan fingerprint density at radius 2 is 2.06 bits per heavy atom. The van der Waals surface area contributed by atoms with Crippen LogP contribution in [0.4, 0.5) is 0 Å². The fourth-order valence-corrected chi connectivity index (χ4v) is 2.80. The second-order valence-electron chi connectivity index (χ2n) is 5.15. The van der Waals surface area contributed by atoms with Crippen molar-refractivity contribution in [3.8, 4) is 0 Å². The number of amides is 1. The van der Waals surface area contributed by atoms with E-state index in [0.29, 0.717) is 13.1 Å². The molecule has 3 unspecified atom stereocenters. The number of likely N-dealkylation sites (tertiary alicyclic amines) is 1. The summed E-state index contributed by atoms with van der Waals surface area (Å²) in [7, 11) is 0. The number of nitrogens with zero attached hydrogens (tertiary/aromatic N) is 1. The minimum atomic E-state index is -0.898. The molecule has 2 N–H and O–H groups in total. The summed E-state index contributed by atoms with van der Waals surface area (Å²) in [5, 5.41) is 18.7. The average Bonchev–Trinajstić information content (AvgIpc) is 2.64. The van der Waals surface area contributed by atoms with E-state index in [9.17, 15) is 14.7 Å². The van der Waals surface area contributed by atoms with Crippen LogP contribution in [0.2, 0.25) is 0 Å². The van der Waals surface area contributed by atoms with Gasteiger partial charge in [0.05, 0.1) is 12.0 Å². The zero-order valence-electron chi connectivity index (χ0n) is 9.84. The van der Waals surface area contributed by atoms with Gasteiger partial charge in [-0.1, -0.05) is 12.8 Å². The van der Waals surface area contributed by atoms with Gasteiger partial charge < -0.3 is 15.1 Å². The van der Waals surface area contributed by atoms with Crippen molar-refractivity contribution in [2.45, 2.75) is 38.2 Å². The lowest BCUT2D eigenvalue weighted by molar-refractivity contribution is -0.141. The Labute approximate surface area is 100 Å². The van der Waals surface area contributed by atoms with Gasteiger partial charge in [0.1, 0.15) is 0 Å². The van der Waals surface area contributed by atoms with Crippen molar-refractivity contribution in [1.82, 2.24) is 4.90 Å². The van der Waals surface area contributed by atoms with E-state index in [2.05, 4.69) is 0 Å². The van der Waals surface area contributed by atoms with E-state index in [1.54, 1.807) is 4.90 Å². The third-order valence-corrected chi connectivity index (χ3v) is 3.89. The maximum absolute atomic E-state index is 11.7. The monoisotopic (exact) mass is 241 g/mol. The molecule has 1 amide bonds. The molecule has 1 saturated heterocycles. The first-order chi connectivity index (χ1) is 8.08. The number of hydrogen-bond acceptors (Lipinski definition) is 3. The normalized spacial score (nSPS) is 34.1. The number of carbonyl (C=O) groups is 2. The standard InChI is InChI=1S/C12H19NO4/c14-10-4-2-1-3-8(10)6-13-7-9(12(16)17)5-11(13)15/h8-10,14H,1-7H2,(H,16,17). The molecule has 5 nitrogen and oxygen atoms in total. The minimum absolute atomic E-state index is 0.0878. The molecule has 5 heteroatoms. The topological polar surface area (TPSA) is 77.8 Å². The number of hydrogen-bond donors (Lipinski definition) is 2. The fourth-order valence-electron chi connectivity index (χ4n) is 2.80. The molecule has 1 aliphatic carbocycles. The second-order valence-corrected chi connectivity index (χ2v) is 5.15. The van der Waals surface area contributed by atoms with E-state index in [1.165, 1.54) is 0 Å². The maximum Gasteiger partial charge on any atom is 0.308 e. The SMILES string of the molecule is O=C(O)C1CC(=O)N(CC2CCCCC2O)C1. The van der Waals surface area contributed by atoms with Gasteiger partial charge >= 0.3 is 5.97 Å². The Morgan fingerprint density at radius 1 is 1.35 bits per heavy atom. The van der Waals surface area contributed by atoms with Gasteiger partial charge in [-0.05, 0) is 12.8 Å². The summed E-state index contributed by atoms with van der Waals surface area (Å²) in [5.74, 6) is -1.43. The number of rotatable bonds is 3. The Hall–Kier alpha value is -1.10. The summed E-state index contributed by atoms with van der Waals surface area (Å²) >= 11 is 0. The van der Waals surface area contributed by atoms with Crippen LogP contribution >= 0.6 is 0 Å². The smallest absolute Gasteiger partial charge is 0.308 e. The summed E-state index contributed by atoms with van der Waals surface area (Å²) in [4.78, 5) is 24.1. The van der Waals surface area contributed by atoms with E-state index in [1.807, 2.05) is 0 Å². The molecule has 1 saturated carbocycles. The first-order valence-electron chi connectivity index (χ1n) is 6.26. The summed E-state index contributed by atoms with van der Waals surface area (Å²) in [5.41, 5.74) is 0. The number of aliphatic hydroxyl groups is 1. The second kappa shape index (κ2) is 5.04. The highest BCUT2D eigenvalue weighted by molar-refractivity contribution is 5.86. The number of carboxylic acids is 1. The van der Waals surface area contributed by atoms with Crippen LogP contribution in [-0.4, -0.2) is 46.2 Å². The Morgan fingerprint density at radius 3 is 2.65 bits per heavy atom. The highest BCUT2D eigenvalue weighted by Crippen LogP contribution is 2.27. The van der Waals surface area contributed by atoms with E-state index in [4.69, 9.17) is 5.11 Å². The number of aliphatic hydroxyl groups excluding tert-OH is 1. The lowest BCUT2D eigenvalue weighted by atomic mass is 9.86. The van der Waals surface area contributed by atoms with Gasteiger partial charge in [0.25, 0.3) is 0 Å². The van der Waals surface area contributed by atoms with E-state index >= 15 is 0 Å². The third-order valence-electron chi connectivity index (χ3n) is 3.89. The lowest BCUT2D eigenvalue weighted by Crippen LogP contribution is -2.38. The van der Waals surface area contributed by atoms with Crippen LogP contribution in [0.5, 0.6) is 0 Å². The van der Waals surface area contributed by atoms with Crippen LogP contribution in [-0.2, 0) is 9.59 Å². The first-order valence-corrected chi connectivity index (χ1v) is 6.26. The molecule has 0 aromatic carbocycles. The Bertz CT molecular complexity index is 318. The zero-order valence-corrected chi connectivity index (χ0v) is 9.84. The predicted octanol–water partition coefficient (Wildman–Crippen LogP) is 0.471. The molecule has 2 aliphatic rings. The molecule has 17 heavy (non-hydrogen) atoms. The molecule has 96 valence electrons. The Kier molecular flexibility index (Phi) is 3.66. The van der Waals surface area contributed by atoms with Crippen molar-refractivity contribution >= 4 is 11.9 Å². The van der Waals surface area contributed by atoms with E-state index in [-0.39, 0.29) is 24.3 Å². The molecule has 1 heterocycles. The van der Waals surface area contributed by atoms with Crippen molar-refractivity contribution in [3.05, 3.63) is 0 Å². The third kappa shape index (κ3) is 2.77. The van der Waals surface area contributed by atoms with Crippen LogP contribution in [0.1, 0.15) is 32.1 Å². The molecular formula is C12H19NO4. The number of aliphatic carboxylic acids is 1. The van der Waals surface area contributed by atoms with Crippen LogP contribution in [0.25, 0.3) is 0 Å². The molecule has 0 radical (unpaired) electrons. The highest BCUT2D eigenvalue weighted by Gasteiger charge is 2.36. The number of carbonyl (C=O) groups excluding carboxylic acids is 1. The van der Waals surface area contributed by atoms with Crippen LogP contribution in [0.3, 0.4) is 0 Å². The molecule has 0 bridgehead atoms. The largest absolute Gasteiger partial charge is 0.481 e. The molecule has 3 atom stereocenters. The molecule has 0 spiro atoms. The van der Waals surface area contributed by atoms with Crippen molar-refractivity contribution in [1.29, 1.82) is 0 Å². The van der Waals surface area contributed by atoms with Crippen LogP contribution in [0, 0.1) is 11.8 Å². The molecular weight excluding hydrogens is 222 g/mol. The zero-order chi connectivity index (χ0) is 12.4. The van der Waals surface area contributed by atoms with Crippen molar-refractivity contribution in [2.24, 2.45) is 11.8 Å². The summed E-state index contributed by atoms with van der Waals surface area (Å²) in [6.07, 6.45) is 3.64. The van der Waals surface area contributed by atoms with Gasteiger partial charge in [-0.15, -0.1) is 0 Å². The molecule has 1 aliphatic heterocycles. The van der Waals surface area contributed by atoms with Crippen molar-refractivity contribution in [2.75, 3.05) is 13.1 Å².